The van der Waals surface area contributed by atoms with Gasteiger partial charge in [0.15, 0.2) is 0 Å². The van der Waals surface area contributed by atoms with Gasteiger partial charge in [-0.05, 0) is 30.0 Å². The number of sulfonamides is 1. The first-order valence-corrected chi connectivity index (χ1v) is 7.43. The molecule has 0 heterocycles. The van der Waals surface area contributed by atoms with Crippen molar-refractivity contribution in [3.05, 3.63) is 29.3 Å². The Balaban J connectivity index is 2.45. The van der Waals surface area contributed by atoms with Crippen LogP contribution in [0.5, 0.6) is 0 Å². The number of carbonyl (C=O) groups excluding carboxylic acids is 1. The first kappa shape index (κ1) is 14.0. The molecule has 0 unspecified atom stereocenters. The Morgan fingerprint density at radius 2 is 2.00 bits per heavy atom. The molecule has 0 radical (unpaired) electrons. The van der Waals surface area contributed by atoms with E-state index in [2.05, 4.69) is 0 Å². The number of nitrogens with zero attached hydrogens (tertiary/aromatic N) is 1. The van der Waals surface area contributed by atoms with Gasteiger partial charge >= 0.3 is 5.97 Å². The summed E-state index contributed by atoms with van der Waals surface area (Å²) in [6.45, 7) is 0. The topological polar surface area (TPSA) is 63.7 Å². The number of ether oxygens (including phenoxy) is 1. The summed E-state index contributed by atoms with van der Waals surface area (Å²) in [6, 6.07) is 5.18. The van der Waals surface area contributed by atoms with E-state index in [1.165, 1.54) is 25.5 Å². The van der Waals surface area contributed by atoms with Crippen LogP contribution in [0.1, 0.15) is 11.1 Å². The van der Waals surface area contributed by atoms with Crippen molar-refractivity contribution in [2.45, 2.75) is 17.7 Å². The minimum atomic E-state index is -3.48. The molecule has 0 N–H and O–H groups in total. The molecule has 1 aliphatic carbocycles. The largest absolute Gasteiger partial charge is 0.469 e. The smallest absolute Gasteiger partial charge is 0.309 e. The van der Waals surface area contributed by atoms with E-state index in [-0.39, 0.29) is 11.9 Å². The Bertz CT molecular complexity index is 607. The molecule has 0 saturated carbocycles. The Hall–Kier alpha value is -1.40. The first-order valence-electron chi connectivity index (χ1n) is 5.99. The second-order valence-corrected chi connectivity index (χ2v) is 6.93. The van der Waals surface area contributed by atoms with E-state index in [0.717, 1.165) is 11.1 Å². The maximum absolute atomic E-state index is 12.2. The van der Waals surface area contributed by atoms with Gasteiger partial charge in [0.05, 0.1) is 17.9 Å². The molecule has 104 valence electrons. The zero-order valence-corrected chi connectivity index (χ0v) is 12.0. The predicted molar refractivity (Wildman–Crippen MR) is 70.2 cm³/mol. The molecule has 6 heteroatoms. The molecule has 0 saturated heterocycles. The summed E-state index contributed by atoms with van der Waals surface area (Å²) in [7, 11) is 0.876. The molecule has 2 rings (SSSR count). The Morgan fingerprint density at radius 1 is 1.32 bits per heavy atom. The fourth-order valence-electron chi connectivity index (χ4n) is 2.39. The third kappa shape index (κ3) is 2.37. The standard InChI is InChI=1S/C13H17NO4S/c1-14(2)19(16,17)12-6-4-5-9-7-10(8-11(9)12)13(15)18-3/h4-6,10H,7-8H2,1-3H3/t10-/m0/s1. The van der Waals surface area contributed by atoms with E-state index in [9.17, 15) is 13.2 Å². The second-order valence-electron chi connectivity index (χ2n) is 4.81. The van der Waals surface area contributed by atoms with Crippen LogP contribution in [0.25, 0.3) is 0 Å². The van der Waals surface area contributed by atoms with Gasteiger partial charge in [0, 0.05) is 14.1 Å². The summed E-state index contributed by atoms with van der Waals surface area (Å²) in [6.07, 6.45) is 0.962. The first-order chi connectivity index (χ1) is 8.87. The van der Waals surface area contributed by atoms with Crippen LogP contribution in [0.4, 0.5) is 0 Å². The summed E-state index contributed by atoms with van der Waals surface area (Å²) < 4.78 is 30.4. The molecule has 5 nitrogen and oxygen atoms in total. The van der Waals surface area contributed by atoms with E-state index in [1.54, 1.807) is 12.1 Å². The molecule has 0 fully saturated rings. The third-order valence-corrected chi connectivity index (χ3v) is 5.34. The molecule has 19 heavy (non-hydrogen) atoms. The number of hydrogen-bond donors (Lipinski definition) is 0. The van der Waals surface area contributed by atoms with Gasteiger partial charge in [-0.25, -0.2) is 12.7 Å². The van der Waals surface area contributed by atoms with Crippen LogP contribution < -0.4 is 0 Å². The van der Waals surface area contributed by atoms with Gasteiger partial charge in [-0.1, -0.05) is 12.1 Å². The molecule has 1 atom stereocenters. The number of rotatable bonds is 3. The minimum absolute atomic E-state index is 0.279. The Kier molecular flexibility index (Phi) is 3.64. The minimum Gasteiger partial charge on any atom is -0.469 e. The van der Waals surface area contributed by atoms with Gasteiger partial charge in [-0.3, -0.25) is 4.79 Å². The van der Waals surface area contributed by atoms with Crippen LogP contribution in [-0.4, -0.2) is 39.9 Å². The van der Waals surface area contributed by atoms with Gasteiger partial charge in [0.25, 0.3) is 0 Å². The van der Waals surface area contributed by atoms with Gasteiger partial charge < -0.3 is 4.74 Å². The number of methoxy groups -OCH3 is 1. The normalized spacial score (nSPS) is 18.4. The van der Waals surface area contributed by atoms with Crippen LogP contribution in [0.3, 0.4) is 0 Å². The molecule has 0 aromatic heterocycles. The molecular weight excluding hydrogens is 266 g/mol. The van der Waals surface area contributed by atoms with Crippen LogP contribution >= 0.6 is 0 Å². The summed E-state index contributed by atoms with van der Waals surface area (Å²) in [5.41, 5.74) is 1.66. The van der Waals surface area contributed by atoms with E-state index in [1.807, 2.05) is 6.07 Å². The fourth-order valence-corrected chi connectivity index (χ4v) is 3.56. The van der Waals surface area contributed by atoms with Crippen molar-refractivity contribution in [2.75, 3.05) is 21.2 Å². The molecule has 1 aromatic carbocycles. The van der Waals surface area contributed by atoms with E-state index >= 15 is 0 Å². The van der Waals surface area contributed by atoms with Gasteiger partial charge in [-0.15, -0.1) is 0 Å². The predicted octanol–water partition coefficient (Wildman–Crippen LogP) is 0.825. The van der Waals surface area contributed by atoms with Crippen LogP contribution in [-0.2, 0) is 32.4 Å². The van der Waals surface area contributed by atoms with Crippen LogP contribution in [0, 0.1) is 5.92 Å². The summed E-state index contributed by atoms with van der Waals surface area (Å²) >= 11 is 0. The maximum atomic E-state index is 12.2. The molecule has 0 amide bonds. The lowest BCUT2D eigenvalue weighted by Gasteiger charge is -2.14. The van der Waals surface area contributed by atoms with Crippen molar-refractivity contribution in [2.24, 2.45) is 5.92 Å². The lowest BCUT2D eigenvalue weighted by atomic mass is 10.1. The van der Waals surface area contributed by atoms with Crippen molar-refractivity contribution in [1.29, 1.82) is 0 Å². The number of carbonyl (C=O) groups is 1. The monoisotopic (exact) mass is 283 g/mol. The zero-order valence-electron chi connectivity index (χ0n) is 11.2. The number of benzene rings is 1. The van der Waals surface area contributed by atoms with E-state index < -0.39 is 10.0 Å². The molecule has 1 aliphatic rings. The lowest BCUT2D eigenvalue weighted by Crippen LogP contribution is -2.23. The van der Waals surface area contributed by atoms with Gasteiger partial charge in [-0.2, -0.15) is 0 Å². The molecule has 1 aromatic rings. The Labute approximate surface area is 113 Å². The van der Waals surface area contributed by atoms with Gasteiger partial charge in [0.1, 0.15) is 0 Å². The highest BCUT2D eigenvalue weighted by atomic mass is 32.2. The van der Waals surface area contributed by atoms with Crippen molar-refractivity contribution in [3.8, 4) is 0 Å². The quantitative estimate of drug-likeness (QED) is 0.771. The highest BCUT2D eigenvalue weighted by Crippen LogP contribution is 2.33. The third-order valence-electron chi connectivity index (χ3n) is 3.44. The fraction of sp³-hybridized carbons (Fsp3) is 0.462. The Morgan fingerprint density at radius 3 is 2.58 bits per heavy atom. The van der Waals surface area contributed by atoms with Crippen molar-refractivity contribution >= 4 is 16.0 Å². The zero-order chi connectivity index (χ0) is 14.2. The second kappa shape index (κ2) is 4.94. The molecule has 0 aliphatic heterocycles. The van der Waals surface area contributed by atoms with Crippen molar-refractivity contribution in [1.82, 2.24) is 4.31 Å². The maximum Gasteiger partial charge on any atom is 0.309 e. The van der Waals surface area contributed by atoms with E-state index in [0.29, 0.717) is 17.7 Å². The van der Waals surface area contributed by atoms with Crippen molar-refractivity contribution < 1.29 is 17.9 Å². The average Bonchev–Trinajstić information content (AvgIpc) is 2.80. The summed E-state index contributed by atoms with van der Waals surface area (Å²) in [5.74, 6) is -0.567. The lowest BCUT2D eigenvalue weighted by molar-refractivity contribution is -0.145. The number of fused-ring (bicyclic) bond motifs is 1. The molecule has 0 bridgehead atoms. The highest BCUT2D eigenvalue weighted by Gasteiger charge is 2.33. The number of esters is 1. The molecular formula is C13H17NO4S. The summed E-state index contributed by atoms with van der Waals surface area (Å²) in [4.78, 5) is 11.9. The van der Waals surface area contributed by atoms with Crippen molar-refractivity contribution in [3.63, 3.8) is 0 Å². The summed E-state index contributed by atoms with van der Waals surface area (Å²) in [5, 5.41) is 0. The number of hydrogen-bond acceptors (Lipinski definition) is 4. The van der Waals surface area contributed by atoms with E-state index in [4.69, 9.17) is 4.74 Å². The van der Waals surface area contributed by atoms with Gasteiger partial charge in [0.2, 0.25) is 10.0 Å². The SMILES string of the molecule is COC(=O)[C@H]1Cc2cccc(S(=O)(=O)N(C)C)c2C1. The van der Waals surface area contributed by atoms with Crippen LogP contribution in [0.2, 0.25) is 0 Å². The van der Waals surface area contributed by atoms with Crippen LogP contribution in [0.15, 0.2) is 23.1 Å². The molecule has 0 spiro atoms. The highest BCUT2D eigenvalue weighted by molar-refractivity contribution is 7.89. The average molecular weight is 283 g/mol.